The fraction of sp³-hybridized carbons (Fsp3) is 0.500. The van der Waals surface area contributed by atoms with Gasteiger partial charge in [-0.15, -0.1) is 5.75 Å². The minimum Gasteiger partial charge on any atom is -0.787 e. The summed E-state index contributed by atoms with van der Waals surface area (Å²) in [4.78, 5) is 27.6. The van der Waals surface area contributed by atoms with Crippen molar-refractivity contribution < 1.29 is 65.3 Å². The zero-order chi connectivity index (χ0) is 12.9. The summed E-state index contributed by atoms with van der Waals surface area (Å²) in [5, 5.41) is 26.0. The van der Waals surface area contributed by atoms with Crippen LogP contribution in [-0.4, -0.2) is 40.3 Å². The Morgan fingerprint density at radius 2 is 1.25 bits per heavy atom. The van der Waals surface area contributed by atoms with Gasteiger partial charge in [0.25, 0.3) is 0 Å². The molecule has 0 aromatic heterocycles. The van der Waals surface area contributed by atoms with Crippen LogP contribution in [-0.2, 0) is 27.0 Å². The van der Waals surface area contributed by atoms with Gasteiger partial charge >= 0.3 is 41.6 Å². The monoisotopic (exact) mass is 412 g/mol. The van der Waals surface area contributed by atoms with E-state index in [0.29, 0.717) is 0 Å². The molecule has 16 heavy (non-hydrogen) atoms. The van der Waals surface area contributed by atoms with Gasteiger partial charge in [0, 0.05) is 11.7 Å². The standard InChI is InChI=1S/3C2H4O2S.La/c3*3-2(4)1-5;/h3*5H,1H2,(H,3,4);/q;;;+3/p-3. The Morgan fingerprint density at radius 1 is 1.06 bits per heavy atom. The number of carbonyl (C=O) groups is 3. The number of rotatable bonds is 3. The van der Waals surface area contributed by atoms with Gasteiger partial charge in [0.15, 0.2) is 0 Å². The molecule has 0 unspecified atom stereocenters. The Morgan fingerprint density at radius 3 is 1.25 bits per heavy atom. The number of hydrogen-bond donors (Lipinski definition) is 3. The minimum absolute atomic E-state index is 0. The largest absolute Gasteiger partial charge is 3.00 e. The van der Waals surface area contributed by atoms with Gasteiger partial charge in [-0.3, -0.25) is 4.79 Å². The topological polar surface area (TPSA) is 118 Å². The average molecular weight is 412 g/mol. The molecular formula is C6H9LaO6S3. The van der Waals surface area contributed by atoms with Gasteiger partial charge < -0.3 is 37.5 Å². The summed E-state index contributed by atoms with van der Waals surface area (Å²) in [6.45, 7) is 0. The van der Waals surface area contributed by atoms with Crippen LogP contribution in [0, 0.1) is 35.6 Å². The maximum atomic E-state index is 9.29. The smallest absolute Gasteiger partial charge is 0.787 e. The van der Waals surface area contributed by atoms with Crippen molar-refractivity contribution in [1.29, 1.82) is 0 Å². The second-order valence-electron chi connectivity index (χ2n) is 1.60. The van der Waals surface area contributed by atoms with E-state index >= 15 is 0 Å². The van der Waals surface area contributed by atoms with Crippen LogP contribution >= 0.6 is 25.3 Å². The molecule has 0 heterocycles. The molecular weight excluding hydrogens is 403 g/mol. The van der Waals surface area contributed by atoms with E-state index in [1.54, 1.807) is 0 Å². The summed E-state index contributed by atoms with van der Waals surface area (Å²) < 4.78 is 0. The van der Waals surface area contributed by atoms with Gasteiger partial charge in [0.1, 0.15) is 0 Å². The molecule has 0 saturated carbocycles. The van der Waals surface area contributed by atoms with Crippen LogP contribution in [0.25, 0.3) is 0 Å². The van der Waals surface area contributed by atoms with E-state index in [-0.39, 0.29) is 52.9 Å². The Hall–Kier alpha value is 0.655. The molecule has 90 valence electrons. The quantitative estimate of drug-likeness (QED) is 0.333. The van der Waals surface area contributed by atoms with Crippen molar-refractivity contribution in [3.05, 3.63) is 0 Å². The van der Waals surface area contributed by atoms with Crippen LogP contribution in [0.1, 0.15) is 0 Å². The molecule has 0 aromatic carbocycles. The fourth-order valence-corrected chi connectivity index (χ4v) is 0. The van der Waals surface area contributed by atoms with Crippen LogP contribution < -0.4 is 10.2 Å². The van der Waals surface area contributed by atoms with Gasteiger partial charge in [-0.2, -0.15) is 25.3 Å². The van der Waals surface area contributed by atoms with Crippen LogP contribution in [0.3, 0.4) is 0 Å². The summed E-state index contributed by atoms with van der Waals surface area (Å²) in [6.07, 6.45) is 0. The van der Waals surface area contributed by atoms with Crippen molar-refractivity contribution in [2.24, 2.45) is 0 Å². The van der Waals surface area contributed by atoms with Gasteiger partial charge in [-0.05, 0) is 0 Å². The number of thiol groups is 2. The molecule has 0 bridgehead atoms. The molecule has 0 radical (unpaired) electrons. The molecule has 0 amide bonds. The van der Waals surface area contributed by atoms with E-state index in [2.05, 4.69) is 37.9 Å². The second kappa shape index (κ2) is 21.0. The Bertz CT molecular complexity index is 167. The third-order valence-electron chi connectivity index (χ3n) is 0.382. The molecule has 0 aliphatic carbocycles. The van der Waals surface area contributed by atoms with E-state index in [9.17, 15) is 14.7 Å². The van der Waals surface area contributed by atoms with Crippen molar-refractivity contribution in [3.8, 4) is 0 Å². The van der Waals surface area contributed by atoms with Crippen molar-refractivity contribution in [2.75, 3.05) is 17.3 Å². The summed E-state index contributed by atoms with van der Waals surface area (Å²) in [7, 11) is 0. The molecule has 0 spiro atoms. The SMILES string of the molecule is O=C(O)CS.O=C([O-])CS.O=C([O-])C[S-].[La+3]. The normalized spacial score (nSPS) is 6.94. The van der Waals surface area contributed by atoms with Gasteiger partial charge in [-0.25, -0.2) is 0 Å². The molecule has 10 heteroatoms. The number of carbonyl (C=O) groups excluding carboxylic acids is 2. The van der Waals surface area contributed by atoms with E-state index in [1.165, 1.54) is 0 Å². The van der Waals surface area contributed by atoms with Crippen molar-refractivity contribution in [3.63, 3.8) is 0 Å². The van der Waals surface area contributed by atoms with E-state index in [0.717, 1.165) is 0 Å². The maximum absolute atomic E-state index is 9.29. The van der Waals surface area contributed by atoms with Gasteiger partial charge in [-0.1, -0.05) is 0 Å². The summed E-state index contributed by atoms with van der Waals surface area (Å²) in [5.41, 5.74) is 0. The average Bonchev–Trinajstić information content (AvgIpc) is 2.19. The van der Waals surface area contributed by atoms with Crippen molar-refractivity contribution in [1.82, 2.24) is 0 Å². The Labute approximate surface area is 137 Å². The fourth-order valence-electron chi connectivity index (χ4n) is 0. The predicted octanol–water partition coefficient (Wildman–Crippen LogP) is -3.05. The van der Waals surface area contributed by atoms with Crippen LogP contribution in [0.5, 0.6) is 0 Å². The summed E-state index contributed by atoms with van der Waals surface area (Å²) in [6, 6.07) is 0. The van der Waals surface area contributed by atoms with Gasteiger partial charge in [0.2, 0.25) is 0 Å². The molecule has 0 atom stereocenters. The predicted molar refractivity (Wildman–Crippen MR) is 57.6 cm³/mol. The molecule has 6 nitrogen and oxygen atoms in total. The zero-order valence-corrected chi connectivity index (χ0v) is 14.2. The van der Waals surface area contributed by atoms with Gasteiger partial charge in [0.05, 0.1) is 11.7 Å². The molecule has 1 N–H and O–H groups in total. The minimum atomic E-state index is -1.18. The van der Waals surface area contributed by atoms with Crippen LogP contribution in [0.2, 0.25) is 0 Å². The third-order valence-corrected chi connectivity index (χ3v) is 1.15. The molecule has 0 aliphatic heterocycles. The van der Waals surface area contributed by atoms with E-state index in [4.69, 9.17) is 15.0 Å². The van der Waals surface area contributed by atoms with Crippen molar-refractivity contribution >= 4 is 55.8 Å². The number of carboxylic acid groups (broad SMARTS) is 3. The zero-order valence-electron chi connectivity index (χ0n) is 7.99. The van der Waals surface area contributed by atoms with E-state index < -0.39 is 17.9 Å². The molecule has 0 aliphatic rings. The first-order valence-electron chi connectivity index (χ1n) is 3.23. The van der Waals surface area contributed by atoms with Crippen LogP contribution in [0.4, 0.5) is 0 Å². The molecule has 0 fully saturated rings. The Kier molecular flexibility index (Phi) is 33.4. The molecule has 0 rings (SSSR count). The number of aliphatic carboxylic acids is 3. The summed E-state index contributed by atoms with van der Waals surface area (Å²) in [5.74, 6) is -3.78. The van der Waals surface area contributed by atoms with E-state index in [1.807, 2.05) is 0 Å². The second-order valence-corrected chi connectivity index (χ2v) is 2.52. The van der Waals surface area contributed by atoms with Crippen LogP contribution in [0.15, 0.2) is 0 Å². The summed E-state index contributed by atoms with van der Waals surface area (Å²) >= 11 is 10.8. The molecule has 0 saturated heterocycles. The third kappa shape index (κ3) is 61.7. The first-order valence-corrected chi connectivity index (χ1v) is 5.07. The number of carboxylic acids is 3. The first-order chi connectivity index (χ1) is 6.81. The molecule has 0 aromatic rings. The van der Waals surface area contributed by atoms with Crippen molar-refractivity contribution in [2.45, 2.75) is 0 Å². The first kappa shape index (κ1) is 25.5. The number of hydrogen-bond acceptors (Lipinski definition) is 8. The Balaban J connectivity index is -0.0000000655. The maximum Gasteiger partial charge on any atom is 3.00 e.